The number of esters is 1. The Kier molecular flexibility index (Phi) is 6.15. The summed E-state index contributed by atoms with van der Waals surface area (Å²) in [5.41, 5.74) is 1.10. The van der Waals surface area contributed by atoms with E-state index in [1.807, 2.05) is 19.1 Å². The minimum Gasteiger partial charge on any atom is -0.490 e. The molecule has 5 nitrogen and oxygen atoms in total. The van der Waals surface area contributed by atoms with E-state index in [4.69, 9.17) is 9.47 Å². The number of methoxy groups -OCH3 is 1. The van der Waals surface area contributed by atoms with Crippen LogP contribution in [0.3, 0.4) is 0 Å². The van der Waals surface area contributed by atoms with E-state index in [2.05, 4.69) is 24.1 Å². The van der Waals surface area contributed by atoms with Crippen LogP contribution in [0.15, 0.2) is 12.1 Å². The van der Waals surface area contributed by atoms with Gasteiger partial charge in [-0.1, -0.05) is 13.8 Å². The third-order valence-electron chi connectivity index (χ3n) is 3.08. The van der Waals surface area contributed by atoms with E-state index in [1.54, 1.807) is 13.8 Å². The van der Waals surface area contributed by atoms with Crippen LogP contribution >= 0.6 is 0 Å². The summed E-state index contributed by atoms with van der Waals surface area (Å²) < 4.78 is 10.6. The molecule has 0 saturated carbocycles. The van der Waals surface area contributed by atoms with Crippen molar-refractivity contribution in [2.24, 2.45) is 5.41 Å². The first-order valence-corrected chi connectivity index (χ1v) is 7.17. The maximum atomic E-state index is 11.7. The minimum atomic E-state index is -0.692. The van der Waals surface area contributed by atoms with Gasteiger partial charge in [0, 0.05) is 18.3 Å². The minimum absolute atomic E-state index is 0.249. The average molecular weight is 294 g/mol. The second-order valence-electron chi connectivity index (χ2n) is 6.10. The quantitative estimate of drug-likeness (QED) is 0.783. The van der Waals surface area contributed by atoms with Crippen molar-refractivity contribution in [1.29, 1.82) is 0 Å². The highest BCUT2D eigenvalue weighted by molar-refractivity contribution is 5.75. The van der Waals surface area contributed by atoms with Gasteiger partial charge in [-0.15, -0.1) is 0 Å². The molecule has 1 rings (SSSR count). The number of aromatic nitrogens is 1. The van der Waals surface area contributed by atoms with Crippen molar-refractivity contribution in [2.75, 3.05) is 13.7 Å². The summed E-state index contributed by atoms with van der Waals surface area (Å²) >= 11 is 0. The molecule has 1 heterocycles. The molecule has 0 aromatic carbocycles. The lowest BCUT2D eigenvalue weighted by Gasteiger charge is -2.22. The molecule has 0 aliphatic heterocycles. The Balaban J connectivity index is 2.80. The van der Waals surface area contributed by atoms with E-state index in [0.717, 1.165) is 11.4 Å². The molecule has 1 N–H and O–H groups in total. The lowest BCUT2D eigenvalue weighted by Crippen LogP contribution is -2.32. The molecular weight excluding hydrogens is 268 g/mol. The summed E-state index contributed by atoms with van der Waals surface area (Å²) in [4.78, 5) is 16.2. The van der Waals surface area contributed by atoms with E-state index < -0.39 is 5.41 Å². The predicted octanol–water partition coefficient (Wildman–Crippen LogP) is 2.47. The average Bonchev–Trinajstić information content (AvgIpc) is 2.42. The Labute approximate surface area is 127 Å². The lowest BCUT2D eigenvalue weighted by molar-refractivity contribution is -0.152. The van der Waals surface area contributed by atoms with Gasteiger partial charge in [0.25, 0.3) is 0 Å². The molecule has 5 heteroatoms. The molecule has 21 heavy (non-hydrogen) atoms. The number of nitrogens with one attached hydrogen (secondary N) is 1. The summed E-state index contributed by atoms with van der Waals surface area (Å²) in [6.45, 7) is 10.6. The van der Waals surface area contributed by atoms with Gasteiger partial charge in [0.15, 0.2) is 0 Å². The van der Waals surface area contributed by atoms with Crippen LogP contribution in [-0.4, -0.2) is 30.7 Å². The van der Waals surface area contributed by atoms with Crippen LogP contribution in [0.4, 0.5) is 0 Å². The zero-order valence-electron chi connectivity index (χ0n) is 13.8. The van der Waals surface area contributed by atoms with Gasteiger partial charge >= 0.3 is 5.97 Å². The van der Waals surface area contributed by atoms with Crippen molar-refractivity contribution in [1.82, 2.24) is 10.3 Å². The third-order valence-corrected chi connectivity index (χ3v) is 3.08. The topological polar surface area (TPSA) is 60.5 Å². The predicted molar refractivity (Wildman–Crippen MR) is 82.2 cm³/mol. The van der Waals surface area contributed by atoms with Gasteiger partial charge < -0.3 is 14.8 Å². The van der Waals surface area contributed by atoms with Gasteiger partial charge in [0.2, 0.25) is 0 Å². The SMILES string of the molecule is COC(=O)C(C)(C)COc1ccc(C)nc1CNC(C)C. The van der Waals surface area contributed by atoms with Gasteiger partial charge in [-0.05, 0) is 32.9 Å². The van der Waals surface area contributed by atoms with Crippen LogP contribution in [0.25, 0.3) is 0 Å². The van der Waals surface area contributed by atoms with E-state index in [-0.39, 0.29) is 12.6 Å². The fourth-order valence-corrected chi connectivity index (χ4v) is 1.75. The molecule has 0 aliphatic carbocycles. The number of rotatable bonds is 7. The molecule has 1 aromatic heterocycles. The van der Waals surface area contributed by atoms with Crippen molar-refractivity contribution >= 4 is 5.97 Å². The zero-order valence-corrected chi connectivity index (χ0v) is 13.8. The molecule has 0 atom stereocenters. The molecule has 118 valence electrons. The first kappa shape index (κ1) is 17.4. The van der Waals surface area contributed by atoms with Crippen molar-refractivity contribution in [2.45, 2.75) is 47.2 Å². The number of aryl methyl sites for hydroxylation is 1. The van der Waals surface area contributed by atoms with Crippen LogP contribution in [0.1, 0.15) is 39.1 Å². The van der Waals surface area contributed by atoms with Crippen LogP contribution < -0.4 is 10.1 Å². The fourth-order valence-electron chi connectivity index (χ4n) is 1.75. The maximum Gasteiger partial charge on any atom is 0.314 e. The smallest absolute Gasteiger partial charge is 0.314 e. The Hall–Kier alpha value is -1.62. The second-order valence-corrected chi connectivity index (χ2v) is 6.10. The molecule has 0 amide bonds. The number of carbonyl (C=O) groups is 1. The van der Waals surface area contributed by atoms with Crippen LogP contribution in [0.2, 0.25) is 0 Å². The van der Waals surface area contributed by atoms with Crippen molar-refractivity contribution in [3.05, 3.63) is 23.5 Å². The highest BCUT2D eigenvalue weighted by Gasteiger charge is 2.30. The first-order valence-electron chi connectivity index (χ1n) is 7.17. The molecule has 0 fully saturated rings. The number of nitrogens with zero attached hydrogens (tertiary/aromatic N) is 1. The standard InChI is InChI=1S/C16H26N2O3/c1-11(2)17-9-13-14(8-7-12(3)18-13)21-10-16(4,5)15(19)20-6/h7-8,11,17H,9-10H2,1-6H3. The first-order chi connectivity index (χ1) is 9.76. The highest BCUT2D eigenvalue weighted by Crippen LogP contribution is 2.22. The van der Waals surface area contributed by atoms with E-state index >= 15 is 0 Å². The lowest BCUT2D eigenvalue weighted by atomic mass is 9.95. The van der Waals surface area contributed by atoms with Gasteiger partial charge in [0.05, 0.1) is 18.2 Å². The Morgan fingerprint density at radius 3 is 2.62 bits per heavy atom. The van der Waals surface area contributed by atoms with Gasteiger partial charge in [-0.2, -0.15) is 0 Å². The maximum absolute atomic E-state index is 11.7. The largest absolute Gasteiger partial charge is 0.490 e. The number of pyridine rings is 1. The number of carbonyl (C=O) groups excluding carboxylic acids is 1. The van der Waals surface area contributed by atoms with E-state index in [9.17, 15) is 4.79 Å². The molecule has 1 aromatic rings. The second kappa shape index (κ2) is 7.41. The zero-order chi connectivity index (χ0) is 16.0. The molecule has 0 bridgehead atoms. The van der Waals surface area contributed by atoms with Crippen molar-refractivity contribution in [3.8, 4) is 5.75 Å². The number of hydrogen-bond acceptors (Lipinski definition) is 5. The Bertz CT molecular complexity index is 484. The summed E-state index contributed by atoms with van der Waals surface area (Å²) in [5, 5.41) is 3.33. The Morgan fingerprint density at radius 2 is 2.05 bits per heavy atom. The molecule has 0 radical (unpaired) electrons. The van der Waals surface area contributed by atoms with Crippen LogP contribution in [-0.2, 0) is 16.1 Å². The molecule has 0 saturated heterocycles. The van der Waals surface area contributed by atoms with Gasteiger partial charge in [-0.3, -0.25) is 9.78 Å². The molecule has 0 unspecified atom stereocenters. The molecule has 0 spiro atoms. The molecular formula is C16H26N2O3. The monoisotopic (exact) mass is 294 g/mol. The van der Waals surface area contributed by atoms with Crippen molar-refractivity contribution < 1.29 is 14.3 Å². The van der Waals surface area contributed by atoms with Crippen molar-refractivity contribution in [3.63, 3.8) is 0 Å². The molecule has 0 aliphatic rings. The normalized spacial score (nSPS) is 11.6. The summed E-state index contributed by atoms with van der Waals surface area (Å²) in [6.07, 6.45) is 0. The van der Waals surface area contributed by atoms with Gasteiger partial charge in [-0.25, -0.2) is 0 Å². The van der Waals surface area contributed by atoms with E-state index in [0.29, 0.717) is 18.3 Å². The highest BCUT2D eigenvalue weighted by atomic mass is 16.5. The fraction of sp³-hybridized carbons (Fsp3) is 0.625. The van der Waals surface area contributed by atoms with Crippen LogP contribution in [0.5, 0.6) is 5.75 Å². The van der Waals surface area contributed by atoms with Crippen LogP contribution in [0, 0.1) is 12.3 Å². The summed E-state index contributed by atoms with van der Waals surface area (Å²) in [7, 11) is 1.38. The van der Waals surface area contributed by atoms with Gasteiger partial charge in [0.1, 0.15) is 12.4 Å². The number of ether oxygens (including phenoxy) is 2. The summed E-state index contributed by atoms with van der Waals surface area (Å²) in [6, 6.07) is 4.17. The Morgan fingerprint density at radius 1 is 1.38 bits per heavy atom. The third kappa shape index (κ3) is 5.34. The summed E-state index contributed by atoms with van der Waals surface area (Å²) in [5.74, 6) is 0.412. The van der Waals surface area contributed by atoms with E-state index in [1.165, 1.54) is 7.11 Å². The number of hydrogen-bond donors (Lipinski definition) is 1.